The highest BCUT2D eigenvalue weighted by molar-refractivity contribution is 5.79. The Morgan fingerprint density at radius 1 is 1.24 bits per heavy atom. The van der Waals surface area contributed by atoms with Gasteiger partial charge in [0.1, 0.15) is 0 Å². The number of hydrogen-bond acceptors (Lipinski definition) is 2. The van der Waals surface area contributed by atoms with Crippen LogP contribution in [0.5, 0.6) is 0 Å². The summed E-state index contributed by atoms with van der Waals surface area (Å²) in [5, 5.41) is 3.31. The molecule has 1 aliphatic heterocycles. The Balaban J connectivity index is 2.64. The summed E-state index contributed by atoms with van der Waals surface area (Å²) >= 11 is 0. The average Bonchev–Trinajstić information content (AvgIpc) is 2.38. The minimum atomic E-state index is 0.106. The van der Waals surface area contributed by atoms with Gasteiger partial charge in [0.05, 0.1) is 13.0 Å². The van der Waals surface area contributed by atoms with Crippen molar-refractivity contribution in [3.63, 3.8) is 0 Å². The van der Waals surface area contributed by atoms with Crippen LogP contribution < -0.4 is 5.32 Å². The van der Waals surface area contributed by atoms with Crippen molar-refractivity contribution < 1.29 is 4.79 Å². The molecule has 0 aromatic carbocycles. The highest BCUT2D eigenvalue weighted by atomic mass is 16.2. The van der Waals surface area contributed by atoms with Gasteiger partial charge in [-0.3, -0.25) is 4.79 Å². The van der Waals surface area contributed by atoms with Gasteiger partial charge in [-0.25, -0.2) is 0 Å². The topological polar surface area (TPSA) is 32.3 Å². The van der Waals surface area contributed by atoms with Crippen LogP contribution in [0.15, 0.2) is 0 Å². The molecule has 0 atom stereocenters. The molecule has 3 nitrogen and oxygen atoms in total. The van der Waals surface area contributed by atoms with E-state index in [9.17, 15) is 4.79 Å². The fourth-order valence-corrected chi connectivity index (χ4v) is 1.97. The SMILES string of the molecule is CC#CCC(=O)N(CC#CC)C1CCNCC1. The number of hydrogen-bond donors (Lipinski definition) is 1. The van der Waals surface area contributed by atoms with E-state index in [1.807, 2.05) is 4.90 Å². The van der Waals surface area contributed by atoms with Crippen molar-refractivity contribution in [2.24, 2.45) is 0 Å². The summed E-state index contributed by atoms with van der Waals surface area (Å²) in [7, 11) is 0. The highest BCUT2D eigenvalue weighted by Crippen LogP contribution is 2.12. The van der Waals surface area contributed by atoms with Gasteiger partial charge in [-0.05, 0) is 39.8 Å². The Labute approximate surface area is 104 Å². The molecule has 1 aliphatic rings. The highest BCUT2D eigenvalue weighted by Gasteiger charge is 2.23. The number of amides is 1. The standard InChI is InChI=1S/C14H20N2O/c1-3-5-7-14(17)16(12-6-4-2)13-8-10-15-11-9-13/h13,15H,7-12H2,1-2H3. The average molecular weight is 232 g/mol. The number of nitrogens with zero attached hydrogens (tertiary/aromatic N) is 1. The molecular formula is C14H20N2O. The summed E-state index contributed by atoms with van der Waals surface area (Å²) in [5.41, 5.74) is 0. The van der Waals surface area contributed by atoms with E-state index in [1.54, 1.807) is 13.8 Å². The van der Waals surface area contributed by atoms with E-state index in [2.05, 4.69) is 29.0 Å². The zero-order valence-corrected chi connectivity index (χ0v) is 10.7. The summed E-state index contributed by atoms with van der Waals surface area (Å²) < 4.78 is 0. The zero-order valence-electron chi connectivity index (χ0n) is 10.7. The Kier molecular flexibility index (Phi) is 6.22. The molecule has 0 unspecified atom stereocenters. The first-order valence-corrected chi connectivity index (χ1v) is 6.09. The van der Waals surface area contributed by atoms with E-state index < -0.39 is 0 Å². The van der Waals surface area contributed by atoms with Gasteiger partial charge >= 0.3 is 0 Å². The molecule has 3 heteroatoms. The van der Waals surface area contributed by atoms with Crippen molar-refractivity contribution in [1.82, 2.24) is 10.2 Å². The van der Waals surface area contributed by atoms with Crippen LogP contribution in [0.2, 0.25) is 0 Å². The lowest BCUT2D eigenvalue weighted by atomic mass is 10.0. The Hall–Kier alpha value is -1.45. The molecule has 17 heavy (non-hydrogen) atoms. The third-order valence-electron chi connectivity index (χ3n) is 2.91. The molecule has 1 heterocycles. The third-order valence-corrected chi connectivity index (χ3v) is 2.91. The van der Waals surface area contributed by atoms with Gasteiger partial charge in [0.2, 0.25) is 5.91 Å². The summed E-state index contributed by atoms with van der Waals surface area (Å²) in [6, 6.07) is 0.322. The maximum Gasteiger partial charge on any atom is 0.235 e. The van der Waals surface area contributed by atoms with E-state index in [-0.39, 0.29) is 5.91 Å². The summed E-state index contributed by atoms with van der Waals surface area (Å²) in [5.74, 6) is 11.6. The maximum absolute atomic E-state index is 12.0. The minimum absolute atomic E-state index is 0.106. The summed E-state index contributed by atoms with van der Waals surface area (Å²) in [4.78, 5) is 13.9. The van der Waals surface area contributed by atoms with E-state index in [0.29, 0.717) is 19.0 Å². The Morgan fingerprint density at radius 3 is 2.47 bits per heavy atom. The quantitative estimate of drug-likeness (QED) is 0.736. The van der Waals surface area contributed by atoms with Crippen molar-refractivity contribution in [2.75, 3.05) is 19.6 Å². The van der Waals surface area contributed by atoms with Crippen molar-refractivity contribution >= 4 is 5.91 Å². The Morgan fingerprint density at radius 2 is 1.88 bits per heavy atom. The number of nitrogens with one attached hydrogen (secondary N) is 1. The van der Waals surface area contributed by atoms with Gasteiger partial charge < -0.3 is 10.2 Å². The van der Waals surface area contributed by atoms with Crippen molar-refractivity contribution in [1.29, 1.82) is 0 Å². The normalized spacial score (nSPS) is 15.2. The molecule has 0 radical (unpaired) electrons. The van der Waals surface area contributed by atoms with Crippen LogP contribution in [0.1, 0.15) is 33.1 Å². The van der Waals surface area contributed by atoms with Crippen LogP contribution in [0.25, 0.3) is 0 Å². The molecule has 1 fully saturated rings. The number of carbonyl (C=O) groups is 1. The van der Waals surface area contributed by atoms with Gasteiger partial charge in [-0.15, -0.1) is 11.8 Å². The smallest absolute Gasteiger partial charge is 0.235 e. The maximum atomic E-state index is 12.0. The molecule has 0 aromatic heterocycles. The molecule has 0 spiro atoms. The first-order chi connectivity index (χ1) is 8.29. The van der Waals surface area contributed by atoms with Crippen LogP contribution in [0.3, 0.4) is 0 Å². The van der Waals surface area contributed by atoms with Crippen molar-refractivity contribution in [3.8, 4) is 23.7 Å². The molecule has 1 saturated heterocycles. The fraction of sp³-hybridized carbons (Fsp3) is 0.643. The fourth-order valence-electron chi connectivity index (χ4n) is 1.97. The lowest BCUT2D eigenvalue weighted by molar-refractivity contribution is -0.132. The lowest BCUT2D eigenvalue weighted by Crippen LogP contribution is -2.46. The largest absolute Gasteiger partial charge is 0.328 e. The van der Waals surface area contributed by atoms with Crippen LogP contribution in [-0.4, -0.2) is 36.5 Å². The first kappa shape index (κ1) is 13.6. The molecular weight excluding hydrogens is 212 g/mol. The molecule has 0 saturated carbocycles. The second-order valence-electron chi connectivity index (χ2n) is 4.03. The van der Waals surface area contributed by atoms with E-state index in [1.165, 1.54) is 0 Å². The van der Waals surface area contributed by atoms with Gasteiger partial charge in [0.25, 0.3) is 0 Å². The number of carbonyl (C=O) groups excluding carboxylic acids is 1. The van der Waals surface area contributed by atoms with Crippen LogP contribution in [-0.2, 0) is 4.79 Å². The van der Waals surface area contributed by atoms with Crippen molar-refractivity contribution in [2.45, 2.75) is 39.2 Å². The molecule has 0 aromatic rings. The van der Waals surface area contributed by atoms with Gasteiger partial charge in [-0.1, -0.05) is 11.8 Å². The summed E-state index contributed by atoms with van der Waals surface area (Å²) in [6.45, 7) is 6.05. The van der Waals surface area contributed by atoms with E-state index in [0.717, 1.165) is 25.9 Å². The molecule has 0 aliphatic carbocycles. The number of piperidine rings is 1. The first-order valence-electron chi connectivity index (χ1n) is 6.09. The predicted octanol–water partition coefficient (Wildman–Crippen LogP) is 1.00. The lowest BCUT2D eigenvalue weighted by Gasteiger charge is -2.33. The zero-order chi connectivity index (χ0) is 12.5. The molecule has 1 rings (SSSR count). The van der Waals surface area contributed by atoms with E-state index >= 15 is 0 Å². The Bertz CT molecular complexity index is 361. The molecule has 1 amide bonds. The molecule has 1 N–H and O–H groups in total. The third kappa shape index (κ3) is 4.51. The van der Waals surface area contributed by atoms with Gasteiger partial charge in [0, 0.05) is 6.04 Å². The molecule has 0 bridgehead atoms. The van der Waals surface area contributed by atoms with Gasteiger partial charge in [0.15, 0.2) is 0 Å². The van der Waals surface area contributed by atoms with Crippen LogP contribution >= 0.6 is 0 Å². The molecule has 92 valence electrons. The second kappa shape index (κ2) is 7.76. The minimum Gasteiger partial charge on any atom is -0.328 e. The van der Waals surface area contributed by atoms with Crippen LogP contribution in [0.4, 0.5) is 0 Å². The second-order valence-corrected chi connectivity index (χ2v) is 4.03. The van der Waals surface area contributed by atoms with Gasteiger partial charge in [-0.2, -0.15) is 0 Å². The van der Waals surface area contributed by atoms with Crippen LogP contribution in [0, 0.1) is 23.7 Å². The van der Waals surface area contributed by atoms with Crippen molar-refractivity contribution in [3.05, 3.63) is 0 Å². The number of rotatable bonds is 3. The summed E-state index contributed by atoms with van der Waals surface area (Å²) in [6.07, 6.45) is 2.33. The predicted molar refractivity (Wildman–Crippen MR) is 69.1 cm³/mol. The monoisotopic (exact) mass is 232 g/mol. The van der Waals surface area contributed by atoms with E-state index in [4.69, 9.17) is 0 Å².